The highest BCUT2D eigenvalue weighted by molar-refractivity contribution is 5.94. The van der Waals surface area contributed by atoms with Gasteiger partial charge in [-0.3, -0.25) is 9.59 Å². The summed E-state index contributed by atoms with van der Waals surface area (Å²) >= 11 is 0. The van der Waals surface area contributed by atoms with Crippen LogP contribution in [0.3, 0.4) is 0 Å². The first kappa shape index (κ1) is 24.4. The largest absolute Gasteiger partial charge is 0.382 e. The number of aryl methyl sites for hydroxylation is 2. The summed E-state index contributed by atoms with van der Waals surface area (Å²) in [5, 5.41) is 0. The fourth-order valence-electron chi connectivity index (χ4n) is 4.14. The van der Waals surface area contributed by atoms with E-state index in [1.54, 1.807) is 40.5 Å². The van der Waals surface area contributed by atoms with Crippen molar-refractivity contribution < 1.29 is 14.3 Å². The fourth-order valence-corrected chi connectivity index (χ4v) is 4.14. The second-order valence-corrected chi connectivity index (χ2v) is 8.22. The molecule has 0 atom stereocenters. The SMILES string of the molecule is COCC(COC)N(CC(c1ccccc1)c1ccccc1)C(=O)c1cc(C)c(=O)n(C)c1. The molecular weight excluding hydrogens is 416 g/mol. The summed E-state index contributed by atoms with van der Waals surface area (Å²) in [5.41, 5.74) is 3.11. The molecule has 0 aliphatic carbocycles. The molecule has 33 heavy (non-hydrogen) atoms. The van der Waals surface area contributed by atoms with Crippen LogP contribution in [-0.4, -0.2) is 55.4 Å². The molecule has 0 spiro atoms. The molecule has 0 unspecified atom stereocenters. The topological polar surface area (TPSA) is 60.8 Å². The van der Waals surface area contributed by atoms with Gasteiger partial charge in [-0.05, 0) is 24.1 Å². The lowest BCUT2D eigenvalue weighted by molar-refractivity contribution is 0.0276. The predicted molar refractivity (Wildman–Crippen MR) is 130 cm³/mol. The van der Waals surface area contributed by atoms with Crippen molar-refractivity contribution in [3.63, 3.8) is 0 Å². The van der Waals surface area contributed by atoms with E-state index in [-0.39, 0.29) is 23.4 Å². The van der Waals surface area contributed by atoms with Crippen LogP contribution in [0, 0.1) is 6.92 Å². The van der Waals surface area contributed by atoms with Gasteiger partial charge < -0.3 is 18.9 Å². The van der Waals surface area contributed by atoms with Crippen LogP contribution in [0.15, 0.2) is 77.7 Å². The van der Waals surface area contributed by atoms with E-state index in [0.717, 1.165) is 11.1 Å². The molecule has 3 rings (SSSR count). The third kappa shape index (κ3) is 5.97. The van der Waals surface area contributed by atoms with Crippen LogP contribution in [0.1, 0.15) is 33.0 Å². The number of hydrogen-bond acceptors (Lipinski definition) is 4. The monoisotopic (exact) mass is 448 g/mol. The molecule has 2 aromatic carbocycles. The van der Waals surface area contributed by atoms with Gasteiger partial charge in [0.15, 0.2) is 0 Å². The summed E-state index contributed by atoms with van der Waals surface area (Å²) in [4.78, 5) is 27.9. The van der Waals surface area contributed by atoms with Crippen LogP contribution in [0.4, 0.5) is 0 Å². The van der Waals surface area contributed by atoms with Gasteiger partial charge in [-0.1, -0.05) is 60.7 Å². The number of ether oxygens (including phenoxy) is 2. The Kier molecular flexibility index (Phi) is 8.58. The van der Waals surface area contributed by atoms with Crippen LogP contribution >= 0.6 is 0 Å². The van der Waals surface area contributed by atoms with Gasteiger partial charge in [0.25, 0.3) is 11.5 Å². The zero-order valence-corrected chi connectivity index (χ0v) is 19.7. The normalized spacial score (nSPS) is 11.2. The number of aromatic nitrogens is 1. The number of amides is 1. The van der Waals surface area contributed by atoms with Crippen molar-refractivity contribution in [1.82, 2.24) is 9.47 Å². The minimum absolute atomic E-state index is 0.0406. The second-order valence-electron chi connectivity index (χ2n) is 8.22. The first-order valence-corrected chi connectivity index (χ1v) is 11.0. The zero-order valence-electron chi connectivity index (χ0n) is 19.7. The number of carbonyl (C=O) groups is 1. The fraction of sp³-hybridized carbons (Fsp3) is 0.333. The van der Waals surface area contributed by atoms with E-state index in [0.29, 0.717) is 30.9 Å². The van der Waals surface area contributed by atoms with Crippen molar-refractivity contribution in [2.45, 2.75) is 18.9 Å². The van der Waals surface area contributed by atoms with E-state index in [1.807, 2.05) is 41.3 Å². The highest BCUT2D eigenvalue weighted by Gasteiger charge is 2.29. The Balaban J connectivity index is 2.07. The predicted octanol–water partition coefficient (Wildman–Crippen LogP) is 3.63. The van der Waals surface area contributed by atoms with E-state index in [9.17, 15) is 9.59 Å². The number of benzene rings is 2. The average molecular weight is 449 g/mol. The molecule has 0 saturated heterocycles. The minimum Gasteiger partial charge on any atom is -0.382 e. The molecule has 1 amide bonds. The Morgan fingerprint density at radius 1 is 0.939 bits per heavy atom. The van der Waals surface area contributed by atoms with Crippen LogP contribution < -0.4 is 5.56 Å². The maximum absolute atomic E-state index is 13.8. The van der Waals surface area contributed by atoms with Crippen molar-refractivity contribution >= 4 is 5.91 Å². The summed E-state index contributed by atoms with van der Waals surface area (Å²) in [6.07, 6.45) is 1.60. The average Bonchev–Trinajstić information content (AvgIpc) is 2.83. The number of nitrogens with zero attached hydrogens (tertiary/aromatic N) is 2. The summed E-state index contributed by atoms with van der Waals surface area (Å²) < 4.78 is 12.4. The molecule has 1 heterocycles. The van der Waals surface area contributed by atoms with Gasteiger partial charge in [0.05, 0.1) is 24.8 Å². The van der Waals surface area contributed by atoms with Crippen molar-refractivity contribution in [3.8, 4) is 0 Å². The van der Waals surface area contributed by atoms with Gasteiger partial charge in [-0.2, -0.15) is 0 Å². The number of hydrogen-bond donors (Lipinski definition) is 0. The maximum atomic E-state index is 13.8. The molecular formula is C27H32N2O4. The lowest BCUT2D eigenvalue weighted by Crippen LogP contribution is -2.47. The highest BCUT2D eigenvalue weighted by atomic mass is 16.5. The molecule has 0 N–H and O–H groups in total. The van der Waals surface area contributed by atoms with E-state index in [1.165, 1.54) is 4.57 Å². The van der Waals surface area contributed by atoms with Gasteiger partial charge in [-0.15, -0.1) is 0 Å². The lowest BCUT2D eigenvalue weighted by Gasteiger charge is -2.34. The van der Waals surface area contributed by atoms with Crippen molar-refractivity contribution in [1.29, 1.82) is 0 Å². The number of pyridine rings is 1. The van der Waals surface area contributed by atoms with Gasteiger partial charge in [0.2, 0.25) is 0 Å². The van der Waals surface area contributed by atoms with Gasteiger partial charge in [0.1, 0.15) is 0 Å². The standard InChI is InChI=1S/C27H32N2O4/c1-20-15-23(16-28(2)26(20)30)27(31)29(24(18-32-3)19-33-4)17-25(21-11-7-5-8-12-21)22-13-9-6-10-14-22/h5-16,24-25H,17-19H2,1-4H3. The smallest absolute Gasteiger partial charge is 0.255 e. The van der Waals surface area contributed by atoms with Gasteiger partial charge in [0, 0.05) is 45.5 Å². The first-order valence-electron chi connectivity index (χ1n) is 11.0. The summed E-state index contributed by atoms with van der Waals surface area (Å²) in [6.45, 7) is 2.83. The summed E-state index contributed by atoms with van der Waals surface area (Å²) in [7, 11) is 4.90. The lowest BCUT2D eigenvalue weighted by atomic mass is 9.90. The van der Waals surface area contributed by atoms with E-state index in [4.69, 9.17) is 9.47 Å². The van der Waals surface area contributed by atoms with Crippen LogP contribution in [0.25, 0.3) is 0 Å². The van der Waals surface area contributed by atoms with Crippen LogP contribution in [-0.2, 0) is 16.5 Å². The van der Waals surface area contributed by atoms with E-state index < -0.39 is 0 Å². The van der Waals surface area contributed by atoms with E-state index in [2.05, 4.69) is 24.3 Å². The molecule has 0 aliphatic heterocycles. The molecule has 0 fully saturated rings. The van der Waals surface area contributed by atoms with Crippen LogP contribution in [0.2, 0.25) is 0 Å². The second kappa shape index (κ2) is 11.6. The quantitative estimate of drug-likeness (QED) is 0.475. The van der Waals surface area contributed by atoms with E-state index >= 15 is 0 Å². The van der Waals surface area contributed by atoms with Crippen molar-refractivity contribution in [2.24, 2.45) is 7.05 Å². The van der Waals surface area contributed by atoms with Gasteiger partial charge in [-0.25, -0.2) is 0 Å². The molecule has 174 valence electrons. The first-order chi connectivity index (χ1) is 16.0. The highest BCUT2D eigenvalue weighted by Crippen LogP contribution is 2.27. The molecule has 0 aliphatic rings. The molecule has 0 saturated carbocycles. The Morgan fingerprint density at radius 2 is 1.45 bits per heavy atom. The number of carbonyl (C=O) groups excluding carboxylic acids is 1. The molecule has 1 aromatic heterocycles. The molecule has 0 bridgehead atoms. The Morgan fingerprint density at radius 3 is 1.91 bits per heavy atom. The molecule has 6 nitrogen and oxygen atoms in total. The Bertz CT molecular complexity index is 1020. The molecule has 0 radical (unpaired) electrons. The third-order valence-electron chi connectivity index (χ3n) is 5.81. The molecule has 3 aromatic rings. The van der Waals surface area contributed by atoms with Crippen molar-refractivity contribution in [2.75, 3.05) is 34.0 Å². The Hall–Kier alpha value is -3.22. The Labute approximate surface area is 195 Å². The number of methoxy groups -OCH3 is 2. The molecule has 6 heteroatoms. The van der Waals surface area contributed by atoms with Crippen LogP contribution in [0.5, 0.6) is 0 Å². The number of rotatable bonds is 10. The van der Waals surface area contributed by atoms with Gasteiger partial charge >= 0.3 is 0 Å². The minimum atomic E-state index is -0.292. The summed E-state index contributed by atoms with van der Waals surface area (Å²) in [6, 6.07) is 21.7. The van der Waals surface area contributed by atoms with Crippen molar-refractivity contribution in [3.05, 3.63) is 106 Å². The zero-order chi connectivity index (χ0) is 23.8. The third-order valence-corrected chi connectivity index (χ3v) is 5.81. The maximum Gasteiger partial charge on any atom is 0.255 e. The summed E-state index contributed by atoms with van der Waals surface area (Å²) in [5.74, 6) is -0.203.